The summed E-state index contributed by atoms with van der Waals surface area (Å²) in [5.74, 6) is 2.12. The van der Waals surface area contributed by atoms with Gasteiger partial charge in [-0.1, -0.05) is 26.0 Å². The van der Waals surface area contributed by atoms with Crippen molar-refractivity contribution in [1.29, 1.82) is 0 Å². The van der Waals surface area contributed by atoms with Gasteiger partial charge in [0, 0.05) is 37.3 Å². The van der Waals surface area contributed by atoms with Crippen LogP contribution >= 0.6 is 0 Å². The van der Waals surface area contributed by atoms with Gasteiger partial charge >= 0.3 is 0 Å². The van der Waals surface area contributed by atoms with Gasteiger partial charge in [-0.2, -0.15) is 0 Å². The summed E-state index contributed by atoms with van der Waals surface area (Å²) in [5.41, 5.74) is 2.31. The Morgan fingerprint density at radius 1 is 1.15 bits per heavy atom. The molecule has 2 saturated heterocycles. The molecular formula is C20H32N2O3S. The van der Waals surface area contributed by atoms with Crippen molar-refractivity contribution in [3.63, 3.8) is 0 Å². The second-order valence-corrected chi connectivity index (χ2v) is 10.4. The van der Waals surface area contributed by atoms with E-state index in [0.29, 0.717) is 11.7 Å². The third-order valence-corrected chi connectivity index (χ3v) is 7.41. The molecule has 2 aliphatic heterocycles. The van der Waals surface area contributed by atoms with Crippen molar-refractivity contribution in [1.82, 2.24) is 9.80 Å². The van der Waals surface area contributed by atoms with Crippen LogP contribution in [-0.2, 0) is 16.4 Å². The number of benzene rings is 1. The monoisotopic (exact) mass is 380 g/mol. The Kier molecular flexibility index (Phi) is 5.94. The Hall–Kier alpha value is -1.11. The first-order valence-electron chi connectivity index (χ1n) is 9.61. The van der Waals surface area contributed by atoms with Gasteiger partial charge in [0.15, 0.2) is 9.84 Å². The lowest BCUT2D eigenvalue weighted by atomic mass is 10.0. The highest BCUT2D eigenvalue weighted by molar-refractivity contribution is 7.91. The Balaban J connectivity index is 1.78. The van der Waals surface area contributed by atoms with Gasteiger partial charge in [0.1, 0.15) is 5.75 Å². The van der Waals surface area contributed by atoms with Crippen LogP contribution < -0.4 is 4.74 Å². The van der Waals surface area contributed by atoms with Crippen LogP contribution in [0.1, 0.15) is 31.4 Å². The molecule has 0 aromatic heterocycles. The molecule has 26 heavy (non-hydrogen) atoms. The van der Waals surface area contributed by atoms with E-state index in [1.165, 1.54) is 5.56 Å². The topological polar surface area (TPSA) is 49.9 Å². The van der Waals surface area contributed by atoms with Gasteiger partial charge in [-0.3, -0.25) is 9.80 Å². The molecule has 1 aromatic carbocycles. The predicted molar refractivity (Wildman–Crippen MR) is 105 cm³/mol. The van der Waals surface area contributed by atoms with E-state index in [4.69, 9.17) is 4.74 Å². The molecule has 6 heteroatoms. The first-order valence-corrected chi connectivity index (χ1v) is 11.4. The summed E-state index contributed by atoms with van der Waals surface area (Å²) in [6.07, 6.45) is 1.12. The largest absolute Gasteiger partial charge is 0.496 e. The third-order valence-electron chi connectivity index (χ3n) is 5.72. The number of ether oxygens (including phenoxy) is 1. The summed E-state index contributed by atoms with van der Waals surface area (Å²) < 4.78 is 30.3. The van der Waals surface area contributed by atoms with Gasteiger partial charge in [-0.15, -0.1) is 0 Å². The first kappa shape index (κ1) is 19.6. The van der Waals surface area contributed by atoms with Crippen LogP contribution in [0, 0.1) is 12.8 Å². The number of fused-ring (bicyclic) bond motifs is 1. The number of sulfone groups is 1. The van der Waals surface area contributed by atoms with E-state index >= 15 is 0 Å². The standard InChI is InChI=1S/C20H32N2O3S/c1-15(2)7-8-21-9-10-22(19-14-26(23,24)13-18(19)21)12-17-6-5-16(3)11-20(17)25-4/h5-6,11,15,18-19H,7-10,12-14H2,1-4H3/t18-,19+/m0/s1. The second kappa shape index (κ2) is 7.87. The molecule has 2 atom stereocenters. The molecule has 0 spiro atoms. The fourth-order valence-corrected chi connectivity index (χ4v) is 6.24. The number of methoxy groups -OCH3 is 1. The summed E-state index contributed by atoms with van der Waals surface area (Å²) in [6.45, 7) is 10.1. The average Bonchev–Trinajstić information content (AvgIpc) is 2.91. The van der Waals surface area contributed by atoms with Crippen LogP contribution in [0.2, 0.25) is 0 Å². The van der Waals surface area contributed by atoms with Crippen molar-refractivity contribution in [2.45, 2.75) is 45.8 Å². The minimum absolute atomic E-state index is 0.0897. The number of rotatable bonds is 6. The van der Waals surface area contributed by atoms with E-state index < -0.39 is 9.84 Å². The molecule has 5 nitrogen and oxygen atoms in total. The molecule has 0 bridgehead atoms. The maximum Gasteiger partial charge on any atom is 0.153 e. The fourth-order valence-electron chi connectivity index (χ4n) is 4.20. The van der Waals surface area contributed by atoms with Crippen molar-refractivity contribution in [3.8, 4) is 5.75 Å². The summed E-state index contributed by atoms with van der Waals surface area (Å²) >= 11 is 0. The molecule has 0 unspecified atom stereocenters. The van der Waals surface area contributed by atoms with Gasteiger partial charge < -0.3 is 4.74 Å². The van der Waals surface area contributed by atoms with Crippen LogP contribution in [0.3, 0.4) is 0 Å². The maximum atomic E-state index is 12.4. The molecule has 0 amide bonds. The van der Waals surface area contributed by atoms with Crippen molar-refractivity contribution in [2.24, 2.45) is 5.92 Å². The lowest BCUT2D eigenvalue weighted by molar-refractivity contribution is 0.0375. The number of hydrogen-bond donors (Lipinski definition) is 0. The van der Waals surface area contributed by atoms with Gasteiger partial charge in [0.25, 0.3) is 0 Å². The molecule has 1 aromatic rings. The predicted octanol–water partition coefficient (Wildman–Crippen LogP) is 2.33. The molecule has 0 saturated carbocycles. The number of hydrogen-bond acceptors (Lipinski definition) is 5. The maximum absolute atomic E-state index is 12.4. The lowest BCUT2D eigenvalue weighted by Crippen LogP contribution is -2.58. The molecule has 0 aliphatic carbocycles. The SMILES string of the molecule is COc1cc(C)ccc1CN1CCN(CCC(C)C)[C@H]2CS(=O)(=O)C[C@H]21. The van der Waals surface area contributed by atoms with E-state index in [-0.39, 0.29) is 17.8 Å². The van der Waals surface area contributed by atoms with E-state index in [0.717, 1.165) is 43.9 Å². The molecule has 2 heterocycles. The van der Waals surface area contributed by atoms with Crippen LogP contribution in [0.25, 0.3) is 0 Å². The van der Waals surface area contributed by atoms with E-state index in [1.54, 1.807) is 7.11 Å². The number of piperazine rings is 1. The lowest BCUT2D eigenvalue weighted by Gasteiger charge is -2.44. The molecule has 146 valence electrons. The van der Waals surface area contributed by atoms with Crippen LogP contribution in [-0.4, -0.2) is 68.6 Å². The van der Waals surface area contributed by atoms with Crippen molar-refractivity contribution < 1.29 is 13.2 Å². The molecule has 0 radical (unpaired) electrons. The zero-order chi connectivity index (χ0) is 18.9. The number of nitrogens with zero attached hydrogens (tertiary/aromatic N) is 2. The summed E-state index contributed by atoms with van der Waals surface area (Å²) in [6, 6.07) is 6.48. The molecule has 2 aliphatic rings. The zero-order valence-corrected chi connectivity index (χ0v) is 17.3. The van der Waals surface area contributed by atoms with Gasteiger partial charge in [-0.25, -0.2) is 8.42 Å². The first-order chi connectivity index (χ1) is 12.3. The minimum atomic E-state index is -2.96. The van der Waals surface area contributed by atoms with Gasteiger partial charge in [0.2, 0.25) is 0 Å². The highest BCUT2D eigenvalue weighted by Gasteiger charge is 2.46. The van der Waals surface area contributed by atoms with Crippen molar-refractivity contribution in [2.75, 3.05) is 38.2 Å². The van der Waals surface area contributed by atoms with E-state index in [2.05, 4.69) is 48.8 Å². The average molecular weight is 381 g/mol. The van der Waals surface area contributed by atoms with E-state index in [9.17, 15) is 8.42 Å². The fraction of sp³-hybridized carbons (Fsp3) is 0.700. The Morgan fingerprint density at radius 2 is 1.81 bits per heavy atom. The smallest absolute Gasteiger partial charge is 0.153 e. The van der Waals surface area contributed by atoms with Crippen molar-refractivity contribution >= 4 is 9.84 Å². The summed E-state index contributed by atoms with van der Waals surface area (Å²) in [7, 11) is -1.26. The normalized spacial score (nSPS) is 26.2. The quantitative estimate of drug-likeness (QED) is 0.758. The zero-order valence-electron chi connectivity index (χ0n) is 16.4. The Labute approximate surface area is 158 Å². The molecule has 2 fully saturated rings. The van der Waals surface area contributed by atoms with Crippen LogP contribution in [0.5, 0.6) is 5.75 Å². The van der Waals surface area contributed by atoms with Crippen LogP contribution in [0.4, 0.5) is 0 Å². The second-order valence-electron chi connectivity index (χ2n) is 8.22. The summed E-state index contributed by atoms with van der Waals surface area (Å²) in [4.78, 5) is 4.77. The molecule has 3 rings (SSSR count). The van der Waals surface area contributed by atoms with Gasteiger partial charge in [0.05, 0.1) is 18.6 Å². The Morgan fingerprint density at radius 3 is 2.46 bits per heavy atom. The van der Waals surface area contributed by atoms with Crippen LogP contribution in [0.15, 0.2) is 18.2 Å². The highest BCUT2D eigenvalue weighted by Crippen LogP contribution is 2.30. The molecular weight excluding hydrogens is 348 g/mol. The van der Waals surface area contributed by atoms with E-state index in [1.807, 2.05) is 0 Å². The third kappa shape index (κ3) is 4.41. The highest BCUT2D eigenvalue weighted by atomic mass is 32.2. The Bertz CT molecular complexity index is 733. The molecule has 0 N–H and O–H groups in total. The minimum Gasteiger partial charge on any atom is -0.496 e. The number of aryl methyl sites for hydroxylation is 1. The van der Waals surface area contributed by atoms with Crippen molar-refractivity contribution in [3.05, 3.63) is 29.3 Å². The van der Waals surface area contributed by atoms with Gasteiger partial charge in [-0.05, 0) is 37.4 Å². The summed E-state index contributed by atoms with van der Waals surface area (Å²) in [5, 5.41) is 0.